The van der Waals surface area contributed by atoms with Crippen LogP contribution in [-0.4, -0.2) is 53.7 Å². The average molecular weight is 336 g/mol. The summed E-state index contributed by atoms with van der Waals surface area (Å²) in [6.45, 7) is 3.51. The molecule has 1 aromatic heterocycles. The van der Waals surface area contributed by atoms with E-state index in [1.54, 1.807) is 13.3 Å². The van der Waals surface area contributed by atoms with E-state index in [4.69, 9.17) is 4.74 Å². The van der Waals surface area contributed by atoms with Crippen LogP contribution >= 0.6 is 0 Å². The van der Waals surface area contributed by atoms with E-state index in [1.165, 1.54) is 31.5 Å². The molecule has 0 unspecified atom stereocenters. The lowest BCUT2D eigenvalue weighted by Gasteiger charge is -2.51. The average Bonchev–Trinajstić information content (AvgIpc) is 3.12. The van der Waals surface area contributed by atoms with E-state index in [2.05, 4.69) is 44.0 Å². The van der Waals surface area contributed by atoms with Crippen LogP contribution in [0.4, 0.5) is 5.82 Å². The molecule has 5 heterocycles. The van der Waals surface area contributed by atoms with Gasteiger partial charge in [0.25, 0.3) is 0 Å². The quantitative estimate of drug-likeness (QED) is 0.862. The molecule has 2 bridgehead atoms. The van der Waals surface area contributed by atoms with Gasteiger partial charge in [-0.2, -0.15) is 0 Å². The summed E-state index contributed by atoms with van der Waals surface area (Å²) in [4.78, 5) is 14.2. The Labute approximate surface area is 148 Å². The number of hydrogen-bond acceptors (Lipinski definition) is 5. The zero-order valence-corrected chi connectivity index (χ0v) is 14.6. The Morgan fingerprint density at radius 2 is 1.84 bits per heavy atom. The van der Waals surface area contributed by atoms with E-state index in [0.29, 0.717) is 18.0 Å². The van der Waals surface area contributed by atoms with Crippen molar-refractivity contribution < 1.29 is 4.74 Å². The van der Waals surface area contributed by atoms with Crippen LogP contribution in [0, 0.1) is 5.92 Å². The second-order valence-electron chi connectivity index (χ2n) is 7.45. The van der Waals surface area contributed by atoms with Gasteiger partial charge in [-0.15, -0.1) is 0 Å². The van der Waals surface area contributed by atoms with Gasteiger partial charge in [0.15, 0.2) is 0 Å². The molecule has 0 radical (unpaired) electrons. The lowest BCUT2D eigenvalue weighted by Crippen LogP contribution is -2.60. The van der Waals surface area contributed by atoms with Crippen molar-refractivity contribution in [3.8, 4) is 5.75 Å². The van der Waals surface area contributed by atoms with Crippen molar-refractivity contribution in [1.82, 2.24) is 14.9 Å². The smallest absolute Gasteiger partial charge is 0.147 e. The normalized spacial score (nSPS) is 33.3. The molecule has 0 N–H and O–H groups in total. The Balaban J connectivity index is 1.53. The first-order chi connectivity index (χ1) is 12.3. The predicted molar refractivity (Wildman–Crippen MR) is 97.0 cm³/mol. The molecule has 6 rings (SSSR count). The molecule has 4 saturated heterocycles. The number of aromatic nitrogens is 2. The molecule has 0 aliphatic carbocycles. The van der Waals surface area contributed by atoms with Crippen LogP contribution in [0.1, 0.15) is 24.3 Å². The minimum atomic E-state index is 0.515. The van der Waals surface area contributed by atoms with E-state index in [1.807, 2.05) is 12.4 Å². The lowest BCUT2D eigenvalue weighted by atomic mass is 9.75. The molecule has 4 aliphatic rings. The van der Waals surface area contributed by atoms with Crippen LogP contribution in [-0.2, 0) is 0 Å². The molecule has 25 heavy (non-hydrogen) atoms. The number of anilines is 1. The Kier molecular flexibility index (Phi) is 3.63. The second kappa shape index (κ2) is 5.99. The fourth-order valence-electron chi connectivity index (χ4n) is 5.27. The van der Waals surface area contributed by atoms with E-state index in [9.17, 15) is 0 Å². The van der Waals surface area contributed by atoms with Crippen LogP contribution in [0.15, 0.2) is 42.9 Å². The monoisotopic (exact) mass is 336 g/mol. The zero-order chi connectivity index (χ0) is 16.8. The molecule has 130 valence electrons. The molecule has 4 fully saturated rings. The summed E-state index contributed by atoms with van der Waals surface area (Å²) in [6.07, 6.45) is 8.12. The van der Waals surface area contributed by atoms with Crippen LogP contribution < -0.4 is 9.64 Å². The molecule has 0 amide bonds. The molecule has 2 aromatic rings. The number of nitrogens with zero attached hydrogens (tertiary/aromatic N) is 4. The number of ether oxygens (including phenoxy) is 1. The second-order valence-corrected chi connectivity index (χ2v) is 7.45. The van der Waals surface area contributed by atoms with Gasteiger partial charge < -0.3 is 9.64 Å². The molecule has 1 aromatic carbocycles. The van der Waals surface area contributed by atoms with Gasteiger partial charge in [-0.25, -0.2) is 4.98 Å². The molecule has 0 saturated carbocycles. The van der Waals surface area contributed by atoms with Crippen molar-refractivity contribution in [2.75, 3.05) is 31.6 Å². The van der Waals surface area contributed by atoms with Crippen LogP contribution in [0.3, 0.4) is 0 Å². The largest absolute Gasteiger partial charge is 0.497 e. The number of piperidine rings is 3. The fourth-order valence-corrected chi connectivity index (χ4v) is 5.27. The number of methoxy groups -OCH3 is 1. The van der Waals surface area contributed by atoms with Gasteiger partial charge >= 0.3 is 0 Å². The Bertz CT molecular complexity index is 727. The van der Waals surface area contributed by atoms with Crippen molar-refractivity contribution >= 4 is 5.82 Å². The molecule has 5 heteroatoms. The van der Waals surface area contributed by atoms with Gasteiger partial charge in [0, 0.05) is 36.9 Å². The topological polar surface area (TPSA) is 41.5 Å². The summed E-state index contributed by atoms with van der Waals surface area (Å²) in [5.41, 5.74) is 1.41. The summed E-state index contributed by atoms with van der Waals surface area (Å²) < 4.78 is 5.34. The lowest BCUT2D eigenvalue weighted by molar-refractivity contribution is 0.0354. The third-order valence-electron chi connectivity index (χ3n) is 6.38. The van der Waals surface area contributed by atoms with Crippen LogP contribution in [0.2, 0.25) is 0 Å². The highest BCUT2D eigenvalue weighted by molar-refractivity contribution is 5.45. The van der Waals surface area contributed by atoms with E-state index < -0.39 is 0 Å². The summed E-state index contributed by atoms with van der Waals surface area (Å²) in [6, 6.07) is 9.81. The van der Waals surface area contributed by atoms with Crippen molar-refractivity contribution in [3.63, 3.8) is 0 Å². The molecule has 4 aliphatic heterocycles. The van der Waals surface area contributed by atoms with E-state index in [-0.39, 0.29) is 0 Å². The third kappa shape index (κ3) is 2.41. The first kappa shape index (κ1) is 15.1. The summed E-state index contributed by atoms with van der Waals surface area (Å²) in [7, 11) is 1.72. The van der Waals surface area contributed by atoms with Crippen molar-refractivity contribution in [2.45, 2.75) is 30.8 Å². The maximum Gasteiger partial charge on any atom is 0.147 e. The Morgan fingerprint density at radius 3 is 2.52 bits per heavy atom. The van der Waals surface area contributed by atoms with Gasteiger partial charge in [-0.1, -0.05) is 12.1 Å². The molecule has 0 spiro atoms. The number of rotatable bonds is 3. The first-order valence-corrected chi connectivity index (χ1v) is 9.26. The van der Waals surface area contributed by atoms with Gasteiger partial charge in [0.1, 0.15) is 11.6 Å². The first-order valence-electron chi connectivity index (χ1n) is 9.26. The van der Waals surface area contributed by atoms with Crippen molar-refractivity contribution in [1.29, 1.82) is 0 Å². The molecule has 3 atom stereocenters. The molecular formula is C20H24N4O. The van der Waals surface area contributed by atoms with Crippen molar-refractivity contribution in [3.05, 3.63) is 48.4 Å². The minimum absolute atomic E-state index is 0.515. The van der Waals surface area contributed by atoms with E-state index >= 15 is 0 Å². The molecule has 5 nitrogen and oxygen atoms in total. The number of fused-ring (bicyclic) bond motifs is 2. The highest BCUT2D eigenvalue weighted by Gasteiger charge is 2.53. The maximum atomic E-state index is 5.34. The maximum absolute atomic E-state index is 5.34. The number of benzene rings is 1. The van der Waals surface area contributed by atoms with Gasteiger partial charge in [0.2, 0.25) is 0 Å². The molecular weight excluding hydrogens is 312 g/mol. The highest BCUT2D eigenvalue weighted by Crippen LogP contribution is 2.47. The summed E-state index contributed by atoms with van der Waals surface area (Å²) in [5.74, 6) is 3.25. The zero-order valence-electron chi connectivity index (χ0n) is 14.6. The predicted octanol–water partition coefficient (Wildman–Crippen LogP) is 2.55. The third-order valence-corrected chi connectivity index (χ3v) is 6.38. The van der Waals surface area contributed by atoms with Crippen LogP contribution in [0.5, 0.6) is 5.75 Å². The summed E-state index contributed by atoms with van der Waals surface area (Å²) >= 11 is 0. The Hall–Kier alpha value is -2.14. The van der Waals surface area contributed by atoms with Gasteiger partial charge in [-0.05, 0) is 49.5 Å². The minimum Gasteiger partial charge on any atom is -0.497 e. The van der Waals surface area contributed by atoms with Gasteiger partial charge in [0.05, 0.1) is 13.3 Å². The summed E-state index contributed by atoms with van der Waals surface area (Å²) in [5, 5.41) is 0. The standard InChI is InChI=1S/C20H24N4O/c1-25-16-4-2-14(3-5-16)17-13-24(18-12-21-8-9-22-18)19-15-6-10-23(11-7-15)20(17)19/h2-5,8-9,12,15,17,19-20H,6-7,10-11,13H2,1H3/t17-,19+,20+/m0/s1. The Morgan fingerprint density at radius 1 is 1.04 bits per heavy atom. The van der Waals surface area contributed by atoms with Gasteiger partial charge in [-0.3, -0.25) is 9.88 Å². The van der Waals surface area contributed by atoms with E-state index in [0.717, 1.165) is 24.0 Å². The number of hydrogen-bond donors (Lipinski definition) is 0. The van der Waals surface area contributed by atoms with Crippen molar-refractivity contribution in [2.24, 2.45) is 5.92 Å². The highest BCUT2D eigenvalue weighted by atomic mass is 16.5. The SMILES string of the molecule is COc1ccc([C@@H]2CN(c3cnccn3)[C@@H]3C4CCN(CC4)[C@@H]32)cc1. The van der Waals surface area contributed by atoms with Crippen LogP contribution in [0.25, 0.3) is 0 Å². The fraction of sp³-hybridized carbons (Fsp3) is 0.500.